The minimum absolute atomic E-state index is 0.131. The van der Waals surface area contributed by atoms with Gasteiger partial charge in [-0.2, -0.15) is 20.1 Å². The first-order chi connectivity index (χ1) is 16.9. The van der Waals surface area contributed by atoms with Crippen molar-refractivity contribution in [2.75, 3.05) is 0 Å². The molecule has 0 saturated heterocycles. The molecule has 12 nitrogen and oxygen atoms in total. The molecule has 8 N–H and O–H groups in total. The van der Waals surface area contributed by atoms with E-state index in [1.165, 1.54) is 10.1 Å². The molecule has 2 aliphatic rings. The molecule has 12 heteroatoms. The van der Waals surface area contributed by atoms with Crippen LogP contribution in [0.5, 0.6) is 0 Å². The Morgan fingerprint density at radius 1 is 0.611 bits per heavy atom. The first kappa shape index (κ1) is 24.9. The van der Waals surface area contributed by atoms with E-state index < -0.39 is 11.3 Å². The molecule has 0 bridgehead atoms. The van der Waals surface area contributed by atoms with Gasteiger partial charge in [0.25, 0.3) is 0 Å². The maximum atomic E-state index is 5.97. The number of benzene rings is 2. The van der Waals surface area contributed by atoms with Crippen molar-refractivity contribution in [2.24, 2.45) is 42.9 Å². The number of rotatable bonds is 7. The van der Waals surface area contributed by atoms with Crippen LogP contribution in [-0.2, 0) is 22.9 Å². The van der Waals surface area contributed by atoms with Gasteiger partial charge in [0.15, 0.2) is 11.3 Å². The molecule has 4 rings (SSSR count). The lowest BCUT2D eigenvalue weighted by Crippen LogP contribution is -2.53. The zero-order valence-corrected chi connectivity index (χ0v) is 20.8. The second-order valence-electron chi connectivity index (χ2n) is 9.40. The highest BCUT2D eigenvalue weighted by Gasteiger charge is 2.34. The third-order valence-corrected chi connectivity index (χ3v) is 5.61. The van der Waals surface area contributed by atoms with Crippen LogP contribution in [0.1, 0.15) is 38.8 Å². The molecule has 0 fully saturated rings. The molecule has 0 amide bonds. The minimum Gasteiger partial charge on any atom is -0.368 e. The van der Waals surface area contributed by atoms with Gasteiger partial charge in [0.2, 0.25) is 23.8 Å². The molecule has 2 aromatic rings. The molecule has 0 unspecified atom stereocenters. The highest BCUT2D eigenvalue weighted by Crippen LogP contribution is 2.25. The smallest absolute Gasteiger partial charge is 0.226 e. The molecule has 36 heavy (non-hydrogen) atoms. The number of nitrogens with zero attached hydrogens (tertiary/aromatic N) is 6. The van der Waals surface area contributed by atoms with E-state index >= 15 is 0 Å². The van der Waals surface area contributed by atoms with E-state index in [-0.39, 0.29) is 23.8 Å². The lowest BCUT2D eigenvalue weighted by molar-refractivity contribution is -0.166. The Morgan fingerprint density at radius 2 is 0.944 bits per heavy atom. The predicted molar refractivity (Wildman–Crippen MR) is 140 cm³/mol. The largest absolute Gasteiger partial charge is 0.368 e. The number of aliphatic imine (C=N–C) groups is 4. The molecule has 0 spiro atoms. The molecule has 2 aliphatic heterocycles. The summed E-state index contributed by atoms with van der Waals surface area (Å²) in [6.45, 7) is 8.00. The van der Waals surface area contributed by atoms with Crippen LogP contribution in [0.15, 0.2) is 68.5 Å². The Bertz CT molecular complexity index is 1130. The quantitative estimate of drug-likeness (QED) is 0.450. The summed E-state index contributed by atoms with van der Waals surface area (Å²) in [5.74, 6) is 0.603. The van der Waals surface area contributed by atoms with Crippen LogP contribution in [-0.4, -0.2) is 45.3 Å². The van der Waals surface area contributed by atoms with Gasteiger partial charge in [0.1, 0.15) is 13.2 Å². The number of nitrogens with two attached hydrogens (primary N) is 4. The van der Waals surface area contributed by atoms with E-state index in [9.17, 15) is 0 Å². The predicted octanol–water partition coefficient (Wildman–Crippen LogP) is 1.58. The lowest BCUT2D eigenvalue weighted by atomic mass is 10.0. The van der Waals surface area contributed by atoms with Crippen molar-refractivity contribution >= 4 is 23.8 Å². The zero-order valence-electron chi connectivity index (χ0n) is 20.8. The van der Waals surface area contributed by atoms with Crippen molar-refractivity contribution in [3.05, 3.63) is 59.7 Å². The minimum atomic E-state index is -0.746. The van der Waals surface area contributed by atoms with Crippen molar-refractivity contribution in [3.63, 3.8) is 0 Å². The number of hydroxylamine groups is 4. The topological polar surface area (TPSA) is 178 Å². The average Bonchev–Trinajstić information content (AvgIpc) is 2.77. The van der Waals surface area contributed by atoms with E-state index in [1.807, 2.05) is 76.2 Å². The monoisotopic (exact) mass is 492 g/mol. The van der Waals surface area contributed by atoms with Crippen LogP contribution >= 0.6 is 0 Å². The second-order valence-corrected chi connectivity index (χ2v) is 9.40. The Balaban J connectivity index is 1.35. The SMILES string of the molecule is CC1(C)N=C(N)N=C(N)N1OCc1ccc(-c2ccc(CON3C(N)=NC(N)=NC3(C)C)cc2)cc1. The standard InChI is InChI=1S/C24H32N10O2/c1-23(2)31-19(25)29-21(27)33(23)35-13-15-5-9-17(10-6-15)18-11-7-16(8-12-18)14-36-34-22(28)30-20(26)32-24(34,3)4/h5-12H,13-14H2,1-4H3,(H4,25,27,29,31)(H4,26,28,30,32). The van der Waals surface area contributed by atoms with Crippen molar-refractivity contribution in [2.45, 2.75) is 52.2 Å². The fourth-order valence-corrected chi connectivity index (χ4v) is 3.90. The zero-order chi connectivity index (χ0) is 26.1. The van der Waals surface area contributed by atoms with Crippen molar-refractivity contribution in [1.82, 2.24) is 10.1 Å². The Morgan fingerprint density at radius 3 is 1.25 bits per heavy atom. The molecule has 0 aliphatic carbocycles. The van der Waals surface area contributed by atoms with Crippen LogP contribution < -0.4 is 22.9 Å². The maximum absolute atomic E-state index is 5.97. The van der Waals surface area contributed by atoms with Gasteiger partial charge < -0.3 is 22.9 Å². The van der Waals surface area contributed by atoms with E-state index in [2.05, 4.69) is 20.0 Å². The van der Waals surface area contributed by atoms with Gasteiger partial charge in [0.05, 0.1) is 0 Å². The molecule has 0 saturated carbocycles. The van der Waals surface area contributed by atoms with Crippen LogP contribution in [0.2, 0.25) is 0 Å². The lowest BCUT2D eigenvalue weighted by Gasteiger charge is -2.36. The van der Waals surface area contributed by atoms with E-state index in [1.54, 1.807) is 0 Å². The highest BCUT2D eigenvalue weighted by molar-refractivity contribution is 5.95. The van der Waals surface area contributed by atoms with Gasteiger partial charge in [-0.3, -0.25) is 9.68 Å². The molecule has 2 aromatic carbocycles. The van der Waals surface area contributed by atoms with Crippen LogP contribution in [0.25, 0.3) is 11.1 Å². The van der Waals surface area contributed by atoms with Crippen LogP contribution in [0, 0.1) is 0 Å². The first-order valence-corrected chi connectivity index (χ1v) is 11.4. The van der Waals surface area contributed by atoms with Crippen molar-refractivity contribution in [3.8, 4) is 11.1 Å². The summed E-state index contributed by atoms with van der Waals surface area (Å²) >= 11 is 0. The van der Waals surface area contributed by atoms with E-state index in [0.717, 1.165) is 22.3 Å². The number of hydrogen-bond acceptors (Lipinski definition) is 12. The summed E-state index contributed by atoms with van der Waals surface area (Å²) in [4.78, 5) is 28.2. The summed E-state index contributed by atoms with van der Waals surface area (Å²) in [5.41, 5.74) is 25.9. The van der Waals surface area contributed by atoms with Gasteiger partial charge >= 0.3 is 0 Å². The molecule has 0 atom stereocenters. The average molecular weight is 493 g/mol. The fraction of sp³-hybridized carbons (Fsp3) is 0.333. The summed E-state index contributed by atoms with van der Waals surface area (Å²) in [6.07, 6.45) is 0. The van der Waals surface area contributed by atoms with Gasteiger partial charge in [0, 0.05) is 0 Å². The maximum Gasteiger partial charge on any atom is 0.226 e. The Labute approximate surface area is 209 Å². The summed E-state index contributed by atoms with van der Waals surface area (Å²) in [5, 5.41) is 2.92. The molecule has 2 heterocycles. The third kappa shape index (κ3) is 5.39. The Kier molecular flexibility index (Phi) is 6.57. The molecular formula is C24H32N10O2. The van der Waals surface area contributed by atoms with Gasteiger partial charge in [-0.15, -0.1) is 0 Å². The van der Waals surface area contributed by atoms with Gasteiger partial charge in [-0.05, 0) is 49.9 Å². The van der Waals surface area contributed by atoms with Crippen molar-refractivity contribution < 1.29 is 9.68 Å². The first-order valence-electron chi connectivity index (χ1n) is 11.4. The third-order valence-electron chi connectivity index (χ3n) is 5.61. The highest BCUT2D eigenvalue weighted by atomic mass is 16.7. The van der Waals surface area contributed by atoms with Crippen LogP contribution in [0.4, 0.5) is 0 Å². The molecule has 0 aromatic heterocycles. The fourth-order valence-electron chi connectivity index (χ4n) is 3.90. The Hall–Kier alpha value is -4.16. The molecular weight excluding hydrogens is 460 g/mol. The summed E-state index contributed by atoms with van der Waals surface area (Å²) in [7, 11) is 0. The van der Waals surface area contributed by atoms with Gasteiger partial charge in [-0.25, -0.2) is 9.98 Å². The number of guanidine groups is 4. The molecule has 190 valence electrons. The second kappa shape index (κ2) is 9.47. The van der Waals surface area contributed by atoms with Crippen molar-refractivity contribution in [1.29, 1.82) is 0 Å². The number of hydrogen-bond donors (Lipinski definition) is 4. The van der Waals surface area contributed by atoms with E-state index in [4.69, 9.17) is 32.6 Å². The summed E-state index contributed by atoms with van der Waals surface area (Å²) in [6, 6.07) is 16.2. The molecule has 0 radical (unpaired) electrons. The van der Waals surface area contributed by atoms with E-state index in [0.29, 0.717) is 13.2 Å². The normalized spacial score (nSPS) is 18.8. The summed E-state index contributed by atoms with van der Waals surface area (Å²) < 4.78 is 0. The van der Waals surface area contributed by atoms with Gasteiger partial charge in [-0.1, -0.05) is 48.5 Å². The van der Waals surface area contributed by atoms with Crippen LogP contribution in [0.3, 0.4) is 0 Å².